The lowest BCUT2D eigenvalue weighted by molar-refractivity contribution is -0.111. The molecule has 0 saturated carbocycles. The van der Waals surface area contributed by atoms with Gasteiger partial charge in [-0.05, 0) is 96.6 Å². The SMILES string of the molecule is CC(C)(C)CCNC(=O)c1ccc2[nH]ccc2c1.CCCCCC(=O)Cl.CCCCCC(=O)n1ccc2cc(C(=O)NCCC(C)(C)C)ccc21. The van der Waals surface area contributed by atoms with Crippen molar-refractivity contribution in [1.29, 1.82) is 0 Å². The normalized spacial score (nSPS) is 11.3. The number of H-pyrrole nitrogens is 1. The molecule has 9 heteroatoms. The first-order chi connectivity index (χ1) is 24.0. The molecule has 0 radical (unpaired) electrons. The van der Waals surface area contributed by atoms with Gasteiger partial charge in [-0.1, -0.05) is 81.1 Å². The summed E-state index contributed by atoms with van der Waals surface area (Å²) in [6.45, 7) is 18.6. The number of nitrogens with zero attached hydrogens (tertiary/aromatic N) is 1. The monoisotopic (exact) mass is 720 g/mol. The lowest BCUT2D eigenvalue weighted by Crippen LogP contribution is -2.27. The number of amides is 2. The molecule has 2 amide bonds. The van der Waals surface area contributed by atoms with Crippen molar-refractivity contribution in [2.24, 2.45) is 10.8 Å². The summed E-state index contributed by atoms with van der Waals surface area (Å²) in [4.78, 5) is 49.8. The van der Waals surface area contributed by atoms with Gasteiger partial charge in [0, 0.05) is 65.7 Å². The van der Waals surface area contributed by atoms with Gasteiger partial charge in [0.05, 0.1) is 5.52 Å². The highest BCUT2D eigenvalue weighted by atomic mass is 35.5. The summed E-state index contributed by atoms with van der Waals surface area (Å²) in [5.41, 5.74) is 3.73. The highest BCUT2D eigenvalue weighted by molar-refractivity contribution is 6.63. The number of hydrogen-bond donors (Lipinski definition) is 3. The molecule has 0 aliphatic heterocycles. The van der Waals surface area contributed by atoms with Crippen LogP contribution in [0.15, 0.2) is 60.9 Å². The number of aromatic nitrogens is 2. The lowest BCUT2D eigenvalue weighted by atomic mass is 9.92. The molecule has 8 nitrogen and oxygen atoms in total. The summed E-state index contributed by atoms with van der Waals surface area (Å²) in [5, 5.41) is 7.72. The van der Waals surface area contributed by atoms with Crippen LogP contribution < -0.4 is 10.6 Å². The maximum Gasteiger partial charge on any atom is 0.251 e. The average Bonchev–Trinajstić information content (AvgIpc) is 3.71. The van der Waals surface area contributed by atoms with Crippen LogP contribution in [-0.2, 0) is 4.79 Å². The highest BCUT2D eigenvalue weighted by Gasteiger charge is 2.14. The molecule has 0 aliphatic rings. The van der Waals surface area contributed by atoms with E-state index >= 15 is 0 Å². The van der Waals surface area contributed by atoms with Crippen LogP contribution in [0.25, 0.3) is 21.8 Å². The zero-order valence-electron chi connectivity index (χ0n) is 32.2. The van der Waals surface area contributed by atoms with Crippen molar-refractivity contribution in [1.82, 2.24) is 20.2 Å². The number of fused-ring (bicyclic) bond motifs is 2. The molecule has 2 heterocycles. The lowest BCUT2D eigenvalue weighted by Gasteiger charge is -2.18. The first-order valence-corrected chi connectivity index (χ1v) is 18.9. The second-order valence-corrected chi connectivity index (χ2v) is 16.0. The molecule has 0 saturated heterocycles. The van der Waals surface area contributed by atoms with Gasteiger partial charge < -0.3 is 15.6 Å². The highest BCUT2D eigenvalue weighted by Crippen LogP contribution is 2.21. The van der Waals surface area contributed by atoms with Gasteiger partial charge in [0.2, 0.25) is 11.1 Å². The van der Waals surface area contributed by atoms with Crippen LogP contribution in [0.3, 0.4) is 0 Å². The molecule has 280 valence electrons. The average molecular weight is 721 g/mol. The van der Waals surface area contributed by atoms with Gasteiger partial charge in [-0.3, -0.25) is 23.7 Å². The Morgan fingerprint density at radius 1 is 0.686 bits per heavy atom. The van der Waals surface area contributed by atoms with E-state index in [1.165, 1.54) is 0 Å². The van der Waals surface area contributed by atoms with Gasteiger partial charge in [0.25, 0.3) is 11.8 Å². The van der Waals surface area contributed by atoms with Crippen molar-refractivity contribution in [3.05, 3.63) is 72.1 Å². The molecule has 0 spiro atoms. The van der Waals surface area contributed by atoms with Gasteiger partial charge in [0.1, 0.15) is 0 Å². The molecule has 4 rings (SSSR count). The van der Waals surface area contributed by atoms with E-state index in [1.54, 1.807) is 16.8 Å². The Morgan fingerprint density at radius 2 is 1.22 bits per heavy atom. The Labute approximate surface area is 310 Å². The van der Waals surface area contributed by atoms with Crippen LogP contribution in [0.5, 0.6) is 0 Å². The number of carbonyl (C=O) groups excluding carboxylic acids is 4. The van der Waals surface area contributed by atoms with E-state index < -0.39 is 0 Å². The van der Waals surface area contributed by atoms with Crippen molar-refractivity contribution >= 4 is 56.4 Å². The summed E-state index contributed by atoms with van der Waals surface area (Å²) >= 11 is 5.07. The van der Waals surface area contributed by atoms with Crippen LogP contribution in [-0.4, -0.2) is 45.6 Å². The minimum Gasteiger partial charge on any atom is -0.361 e. The Kier molecular flexibility index (Phi) is 18.2. The van der Waals surface area contributed by atoms with Gasteiger partial charge >= 0.3 is 0 Å². The Balaban J connectivity index is 0.000000301. The third kappa shape index (κ3) is 16.8. The molecular formula is C42H61ClN4O4. The third-order valence-corrected chi connectivity index (χ3v) is 8.52. The van der Waals surface area contributed by atoms with Crippen LogP contribution in [0.4, 0.5) is 0 Å². The van der Waals surface area contributed by atoms with E-state index in [0.717, 1.165) is 78.7 Å². The summed E-state index contributed by atoms with van der Waals surface area (Å²) in [6.07, 6.45) is 13.0. The van der Waals surface area contributed by atoms with Crippen molar-refractivity contribution < 1.29 is 19.2 Å². The fourth-order valence-corrected chi connectivity index (χ4v) is 5.30. The fourth-order valence-electron chi connectivity index (χ4n) is 5.16. The van der Waals surface area contributed by atoms with Crippen molar-refractivity contribution in [3.63, 3.8) is 0 Å². The van der Waals surface area contributed by atoms with E-state index in [2.05, 4.69) is 71.0 Å². The summed E-state index contributed by atoms with van der Waals surface area (Å²) in [7, 11) is 0. The van der Waals surface area contributed by atoms with Gasteiger partial charge in [-0.2, -0.15) is 0 Å². The Hall–Kier alpha value is -3.91. The first kappa shape index (κ1) is 43.3. The molecule has 0 unspecified atom stereocenters. The molecule has 0 atom stereocenters. The molecular weight excluding hydrogens is 660 g/mol. The number of aromatic amines is 1. The van der Waals surface area contributed by atoms with Crippen LogP contribution in [0, 0.1) is 10.8 Å². The maximum atomic E-state index is 12.3. The molecule has 2 aromatic carbocycles. The largest absolute Gasteiger partial charge is 0.361 e. The van der Waals surface area contributed by atoms with E-state index in [-0.39, 0.29) is 33.8 Å². The second kappa shape index (κ2) is 21.5. The molecule has 0 bridgehead atoms. The molecule has 0 fully saturated rings. The number of nitrogens with one attached hydrogen (secondary N) is 3. The Morgan fingerprint density at radius 3 is 1.75 bits per heavy atom. The van der Waals surface area contributed by atoms with E-state index in [1.807, 2.05) is 48.7 Å². The van der Waals surface area contributed by atoms with Crippen molar-refractivity contribution in [3.8, 4) is 0 Å². The second-order valence-electron chi connectivity index (χ2n) is 15.5. The zero-order chi connectivity index (χ0) is 38.0. The standard InChI is InChI=1S/C21H30N2O2.C15H20N2O.C6H11ClO/c1-5-6-7-8-19(24)23-14-11-16-15-17(9-10-18(16)23)20(25)22-13-12-21(2,3)4;1-15(2,3)7-9-17-14(18)12-4-5-13-11(10-12)6-8-16-13;1-2-3-4-5-6(7)8/h9-11,14-15H,5-8,12-13H2,1-4H3,(H,22,25);4-6,8,10,16H,7,9H2,1-3H3,(H,17,18);2-5H2,1H3. The number of hydrogen-bond acceptors (Lipinski definition) is 4. The fraction of sp³-hybridized carbons (Fsp3) is 0.524. The Bertz CT molecular complexity index is 1690. The quantitative estimate of drug-likeness (QED) is 0.0888. The van der Waals surface area contributed by atoms with Crippen LogP contribution in [0.1, 0.15) is 145 Å². The van der Waals surface area contributed by atoms with E-state index in [4.69, 9.17) is 11.6 Å². The number of carbonyl (C=O) groups is 4. The first-order valence-electron chi connectivity index (χ1n) is 18.5. The van der Waals surface area contributed by atoms with Crippen LogP contribution in [0.2, 0.25) is 0 Å². The van der Waals surface area contributed by atoms with E-state index in [0.29, 0.717) is 31.5 Å². The molecule has 2 aromatic heterocycles. The molecule has 3 N–H and O–H groups in total. The minimum atomic E-state index is -0.210. The van der Waals surface area contributed by atoms with Crippen molar-refractivity contribution in [2.45, 2.75) is 120 Å². The van der Waals surface area contributed by atoms with Gasteiger partial charge in [-0.25, -0.2) is 0 Å². The number of halogens is 1. The smallest absolute Gasteiger partial charge is 0.251 e. The van der Waals surface area contributed by atoms with Gasteiger partial charge in [-0.15, -0.1) is 0 Å². The summed E-state index contributed by atoms with van der Waals surface area (Å²) in [6, 6.07) is 15.1. The molecule has 51 heavy (non-hydrogen) atoms. The van der Waals surface area contributed by atoms with Gasteiger partial charge in [0.15, 0.2) is 0 Å². The third-order valence-electron chi connectivity index (χ3n) is 8.33. The van der Waals surface area contributed by atoms with Crippen LogP contribution >= 0.6 is 11.6 Å². The minimum absolute atomic E-state index is 0.00218. The zero-order valence-corrected chi connectivity index (χ0v) is 33.0. The van der Waals surface area contributed by atoms with E-state index in [9.17, 15) is 19.2 Å². The predicted molar refractivity (Wildman–Crippen MR) is 213 cm³/mol. The predicted octanol–water partition coefficient (Wildman–Crippen LogP) is 10.7. The molecule has 0 aliphatic carbocycles. The number of unbranched alkanes of at least 4 members (excludes halogenated alkanes) is 4. The summed E-state index contributed by atoms with van der Waals surface area (Å²) in [5.74, 6) is 0.0568. The number of rotatable bonds is 14. The maximum absolute atomic E-state index is 12.3. The topological polar surface area (TPSA) is 113 Å². The molecule has 4 aromatic rings. The van der Waals surface area contributed by atoms with Crippen molar-refractivity contribution in [2.75, 3.05) is 13.1 Å². The number of benzene rings is 2. The summed E-state index contributed by atoms with van der Waals surface area (Å²) < 4.78 is 1.70.